The van der Waals surface area contributed by atoms with Crippen molar-refractivity contribution < 1.29 is 13.2 Å². The second-order valence-corrected chi connectivity index (χ2v) is 7.19. The van der Waals surface area contributed by atoms with E-state index < -0.39 is 10.2 Å². The van der Waals surface area contributed by atoms with Crippen LogP contribution in [-0.4, -0.2) is 59.0 Å². The van der Waals surface area contributed by atoms with Crippen LogP contribution >= 0.6 is 0 Å². The Bertz CT molecular complexity index is 980. The van der Waals surface area contributed by atoms with E-state index in [0.29, 0.717) is 48.8 Å². The fourth-order valence-electron chi connectivity index (χ4n) is 2.67. The topological polar surface area (TPSA) is 113 Å². The van der Waals surface area contributed by atoms with Crippen molar-refractivity contribution in [3.63, 3.8) is 0 Å². The summed E-state index contributed by atoms with van der Waals surface area (Å²) in [6.45, 7) is 1.53. The first kappa shape index (κ1) is 15.9. The van der Waals surface area contributed by atoms with E-state index in [1.807, 2.05) is 0 Å². The van der Waals surface area contributed by atoms with Crippen molar-refractivity contribution in [2.45, 2.75) is 0 Å². The van der Waals surface area contributed by atoms with Crippen molar-refractivity contribution in [1.29, 1.82) is 0 Å². The monoisotopic (exact) mass is 360 g/mol. The van der Waals surface area contributed by atoms with Gasteiger partial charge in [-0.05, 0) is 12.1 Å². The van der Waals surface area contributed by atoms with Gasteiger partial charge in [-0.1, -0.05) is 12.1 Å². The van der Waals surface area contributed by atoms with E-state index in [0.717, 1.165) is 5.56 Å². The molecule has 0 amide bonds. The van der Waals surface area contributed by atoms with Crippen molar-refractivity contribution in [1.82, 2.24) is 24.2 Å². The van der Waals surface area contributed by atoms with Gasteiger partial charge >= 0.3 is 10.2 Å². The van der Waals surface area contributed by atoms with Gasteiger partial charge in [0.05, 0.1) is 19.5 Å². The number of hydrogen-bond donors (Lipinski definition) is 2. The zero-order valence-corrected chi connectivity index (χ0v) is 14.0. The van der Waals surface area contributed by atoms with Gasteiger partial charge < -0.3 is 9.72 Å². The summed E-state index contributed by atoms with van der Waals surface area (Å²) in [5, 5.41) is 0. The summed E-state index contributed by atoms with van der Waals surface area (Å²) in [7, 11) is -3.58. The number of imidazole rings is 1. The molecular weight excluding hydrogens is 344 g/mol. The Hall–Kier alpha value is -2.56. The minimum atomic E-state index is -3.58. The maximum Gasteiger partial charge on any atom is 0.301 e. The molecule has 3 aromatic rings. The Morgan fingerprint density at radius 3 is 2.60 bits per heavy atom. The fraction of sp³-hybridized carbons (Fsp3) is 0.267. The summed E-state index contributed by atoms with van der Waals surface area (Å²) in [4.78, 5) is 15.5. The van der Waals surface area contributed by atoms with Crippen molar-refractivity contribution in [3.8, 4) is 11.3 Å². The highest BCUT2D eigenvalue weighted by atomic mass is 32.2. The van der Waals surface area contributed by atoms with Gasteiger partial charge in [0.15, 0.2) is 5.65 Å². The summed E-state index contributed by atoms with van der Waals surface area (Å²) >= 11 is 0. The third-order valence-corrected chi connectivity index (χ3v) is 5.47. The van der Waals surface area contributed by atoms with E-state index in [-0.39, 0.29) is 0 Å². The van der Waals surface area contributed by atoms with E-state index in [4.69, 9.17) is 4.74 Å². The van der Waals surface area contributed by atoms with Crippen LogP contribution in [0.4, 0.5) is 5.69 Å². The van der Waals surface area contributed by atoms with Gasteiger partial charge in [0.25, 0.3) is 0 Å². The van der Waals surface area contributed by atoms with E-state index >= 15 is 0 Å². The largest absolute Gasteiger partial charge is 0.379 e. The minimum Gasteiger partial charge on any atom is -0.379 e. The molecule has 0 unspecified atom stereocenters. The zero-order valence-electron chi connectivity index (χ0n) is 13.2. The predicted molar refractivity (Wildman–Crippen MR) is 92.1 cm³/mol. The van der Waals surface area contributed by atoms with Crippen LogP contribution < -0.4 is 4.72 Å². The number of hydrogen-bond acceptors (Lipinski definition) is 6. The van der Waals surface area contributed by atoms with Gasteiger partial charge in [0.2, 0.25) is 0 Å². The normalized spacial score (nSPS) is 16.2. The number of aromatic nitrogens is 4. The molecule has 0 bridgehead atoms. The number of benzene rings is 1. The molecule has 2 N–H and O–H groups in total. The number of H-pyrrole nitrogens is 1. The number of morpholine rings is 1. The third-order valence-electron chi connectivity index (χ3n) is 3.93. The molecule has 1 aromatic carbocycles. The molecule has 0 aliphatic carbocycles. The molecule has 1 aliphatic heterocycles. The van der Waals surface area contributed by atoms with E-state index in [1.165, 1.54) is 10.6 Å². The Balaban J connectivity index is 1.57. The van der Waals surface area contributed by atoms with E-state index in [1.54, 1.807) is 30.6 Å². The molecule has 1 fully saturated rings. The second-order valence-electron chi connectivity index (χ2n) is 5.52. The number of fused-ring (bicyclic) bond motifs is 1. The molecule has 2 aromatic heterocycles. The average molecular weight is 360 g/mol. The Morgan fingerprint density at radius 2 is 1.84 bits per heavy atom. The molecule has 0 saturated carbocycles. The third kappa shape index (κ3) is 3.18. The van der Waals surface area contributed by atoms with Gasteiger partial charge in [-0.2, -0.15) is 12.7 Å². The van der Waals surface area contributed by atoms with Gasteiger partial charge in [-0.3, -0.25) is 4.72 Å². The summed E-state index contributed by atoms with van der Waals surface area (Å²) in [6, 6.07) is 7.00. The molecule has 0 radical (unpaired) electrons. The maximum atomic E-state index is 12.4. The first-order valence-corrected chi connectivity index (χ1v) is 9.18. The molecule has 25 heavy (non-hydrogen) atoms. The molecule has 10 heteroatoms. The molecule has 0 atom stereocenters. The van der Waals surface area contributed by atoms with Crippen LogP contribution in [0.15, 0.2) is 36.9 Å². The summed E-state index contributed by atoms with van der Waals surface area (Å²) in [5.41, 5.74) is 3.33. The van der Waals surface area contributed by atoms with Crippen molar-refractivity contribution >= 4 is 27.1 Å². The van der Waals surface area contributed by atoms with Crippen LogP contribution in [0.1, 0.15) is 0 Å². The quantitative estimate of drug-likeness (QED) is 0.718. The van der Waals surface area contributed by atoms with Crippen molar-refractivity contribution in [2.24, 2.45) is 0 Å². The van der Waals surface area contributed by atoms with E-state index in [9.17, 15) is 8.42 Å². The Labute approximate surface area is 144 Å². The molecule has 4 rings (SSSR count). The molecule has 0 spiro atoms. The number of anilines is 1. The summed E-state index contributed by atoms with van der Waals surface area (Å²) in [6.07, 6.45) is 3.03. The van der Waals surface area contributed by atoms with Gasteiger partial charge in [0, 0.05) is 24.3 Å². The molecule has 1 aliphatic rings. The van der Waals surface area contributed by atoms with Crippen molar-refractivity contribution in [3.05, 3.63) is 36.9 Å². The van der Waals surface area contributed by atoms with E-state index in [2.05, 4.69) is 24.7 Å². The smallest absolute Gasteiger partial charge is 0.301 e. The minimum absolute atomic E-state index is 0.353. The zero-order chi connectivity index (χ0) is 17.3. The Kier molecular flexibility index (Phi) is 4.07. The number of rotatable bonds is 4. The molecule has 9 nitrogen and oxygen atoms in total. The summed E-state index contributed by atoms with van der Waals surface area (Å²) < 4.78 is 33.9. The molecule has 130 valence electrons. The van der Waals surface area contributed by atoms with Crippen LogP contribution in [-0.2, 0) is 14.9 Å². The standard InChI is InChI=1S/C15H16N6O3S/c22-25(23,21-5-7-24-8-6-21)20-12-3-1-11(2-4-12)13-14-15(18-9-16-13)19-10-17-14/h1-4,9-10,20H,5-8H2,(H,16,17,18,19). The van der Waals surface area contributed by atoms with Crippen molar-refractivity contribution in [2.75, 3.05) is 31.0 Å². The average Bonchev–Trinajstić information content (AvgIpc) is 3.12. The van der Waals surface area contributed by atoms with Crippen LogP contribution in [0, 0.1) is 0 Å². The number of nitrogens with zero attached hydrogens (tertiary/aromatic N) is 4. The maximum absolute atomic E-state index is 12.4. The highest BCUT2D eigenvalue weighted by molar-refractivity contribution is 7.90. The highest BCUT2D eigenvalue weighted by Crippen LogP contribution is 2.24. The first-order chi connectivity index (χ1) is 12.1. The van der Waals surface area contributed by atoms with Gasteiger partial charge in [-0.15, -0.1) is 0 Å². The summed E-state index contributed by atoms with van der Waals surface area (Å²) in [5.74, 6) is 0. The van der Waals surface area contributed by atoms with Gasteiger partial charge in [0.1, 0.15) is 17.5 Å². The fourth-order valence-corrected chi connectivity index (χ4v) is 3.87. The number of ether oxygens (including phenoxy) is 1. The number of aromatic amines is 1. The highest BCUT2D eigenvalue weighted by Gasteiger charge is 2.24. The lowest BCUT2D eigenvalue weighted by molar-refractivity contribution is 0.0733. The Morgan fingerprint density at radius 1 is 1.08 bits per heavy atom. The lowest BCUT2D eigenvalue weighted by Crippen LogP contribution is -2.43. The second kappa shape index (κ2) is 6.39. The lowest BCUT2D eigenvalue weighted by atomic mass is 10.1. The number of nitrogens with one attached hydrogen (secondary N) is 2. The molecular formula is C15H16N6O3S. The lowest BCUT2D eigenvalue weighted by Gasteiger charge is -2.26. The first-order valence-electron chi connectivity index (χ1n) is 7.74. The van der Waals surface area contributed by atoms with Gasteiger partial charge in [-0.25, -0.2) is 15.0 Å². The van der Waals surface area contributed by atoms with Crippen LogP contribution in [0.2, 0.25) is 0 Å². The van der Waals surface area contributed by atoms with Crippen LogP contribution in [0.3, 0.4) is 0 Å². The molecule has 1 saturated heterocycles. The SMILES string of the molecule is O=S(=O)(Nc1ccc(-c2ncnc3[nH]cnc23)cc1)N1CCOCC1. The molecule has 3 heterocycles. The van der Waals surface area contributed by atoms with Crippen LogP contribution in [0.5, 0.6) is 0 Å². The van der Waals surface area contributed by atoms with Crippen LogP contribution in [0.25, 0.3) is 22.4 Å². The predicted octanol–water partition coefficient (Wildman–Crippen LogP) is 1.01.